The van der Waals surface area contributed by atoms with Crippen LogP contribution >= 0.6 is 0 Å². The zero-order valence-corrected chi connectivity index (χ0v) is 14.3. The van der Waals surface area contributed by atoms with Gasteiger partial charge in [0.15, 0.2) is 11.4 Å². The van der Waals surface area contributed by atoms with Crippen LogP contribution < -0.4 is 0 Å². The maximum absolute atomic E-state index is 12.3. The Morgan fingerprint density at radius 3 is 2.45 bits per heavy atom. The highest BCUT2D eigenvalue weighted by atomic mass is 16.6. The molecule has 3 unspecified atom stereocenters. The predicted molar refractivity (Wildman–Crippen MR) is 82.4 cm³/mol. The summed E-state index contributed by atoms with van der Waals surface area (Å²) in [5.74, 6) is -0.524. The van der Waals surface area contributed by atoms with Gasteiger partial charge in [0.2, 0.25) is 0 Å². The van der Waals surface area contributed by atoms with Gasteiger partial charge >= 0.3 is 11.9 Å². The van der Waals surface area contributed by atoms with Crippen molar-refractivity contribution in [2.45, 2.75) is 66.0 Å². The molecule has 0 fully saturated rings. The second-order valence-electron chi connectivity index (χ2n) is 6.87. The standard InChI is InChI=1S/C16H27NO5/c1-7-16(6,14(20)21-9-11(3)18)8-10(2)12-17-15(4,5)13(19)22-12/h10-11,18H,7-9H2,1-6H3. The summed E-state index contributed by atoms with van der Waals surface area (Å²) in [5, 5.41) is 9.23. The van der Waals surface area contributed by atoms with Crippen molar-refractivity contribution < 1.29 is 24.2 Å². The lowest BCUT2D eigenvalue weighted by Gasteiger charge is -2.28. The highest BCUT2D eigenvalue weighted by molar-refractivity contribution is 6.00. The van der Waals surface area contributed by atoms with Gasteiger partial charge in [-0.2, -0.15) is 0 Å². The Morgan fingerprint density at radius 2 is 2.05 bits per heavy atom. The SMILES string of the molecule is CCC(C)(CC(C)C1=NC(C)(C)C(=O)O1)C(=O)OCC(C)O. The molecule has 0 aliphatic carbocycles. The summed E-state index contributed by atoms with van der Waals surface area (Å²) in [6, 6.07) is 0. The maximum Gasteiger partial charge on any atom is 0.340 e. The van der Waals surface area contributed by atoms with Crippen LogP contribution in [-0.2, 0) is 19.1 Å². The molecule has 1 N–H and O–H groups in total. The number of aliphatic imine (C=N–C) groups is 1. The molecule has 1 heterocycles. The molecular formula is C16H27NO5. The van der Waals surface area contributed by atoms with Crippen LogP contribution in [0.1, 0.15) is 54.4 Å². The third-order valence-corrected chi connectivity index (χ3v) is 3.99. The molecule has 0 saturated heterocycles. The third-order valence-electron chi connectivity index (χ3n) is 3.99. The minimum atomic E-state index is -0.862. The first kappa shape index (κ1) is 18.6. The summed E-state index contributed by atoms with van der Waals surface area (Å²) in [6.45, 7) is 10.5. The van der Waals surface area contributed by atoms with Crippen LogP contribution in [0.2, 0.25) is 0 Å². The minimum Gasteiger partial charge on any atom is -0.463 e. The Labute approximate surface area is 131 Å². The highest BCUT2D eigenvalue weighted by Gasteiger charge is 2.42. The zero-order valence-electron chi connectivity index (χ0n) is 14.3. The number of ether oxygens (including phenoxy) is 2. The van der Waals surface area contributed by atoms with Crippen molar-refractivity contribution >= 4 is 17.8 Å². The van der Waals surface area contributed by atoms with Crippen molar-refractivity contribution in [3.05, 3.63) is 0 Å². The molecule has 6 heteroatoms. The van der Waals surface area contributed by atoms with Crippen molar-refractivity contribution in [2.75, 3.05) is 6.61 Å². The summed E-state index contributed by atoms with van der Waals surface area (Å²) in [7, 11) is 0. The zero-order chi connectivity index (χ0) is 17.1. The molecule has 0 saturated carbocycles. The van der Waals surface area contributed by atoms with E-state index in [0.29, 0.717) is 18.7 Å². The maximum atomic E-state index is 12.3. The smallest absolute Gasteiger partial charge is 0.340 e. The van der Waals surface area contributed by atoms with Gasteiger partial charge in [-0.15, -0.1) is 0 Å². The van der Waals surface area contributed by atoms with E-state index in [1.165, 1.54) is 0 Å². The fourth-order valence-corrected chi connectivity index (χ4v) is 2.28. The summed E-state index contributed by atoms with van der Waals surface area (Å²) in [5.41, 5.74) is -1.57. The van der Waals surface area contributed by atoms with Crippen LogP contribution in [-0.4, -0.2) is 41.2 Å². The number of hydrogen-bond acceptors (Lipinski definition) is 6. The Balaban J connectivity index is 2.77. The first-order valence-electron chi connectivity index (χ1n) is 7.69. The number of carbonyl (C=O) groups is 2. The molecule has 0 bridgehead atoms. The molecule has 22 heavy (non-hydrogen) atoms. The Morgan fingerprint density at radius 1 is 1.45 bits per heavy atom. The van der Waals surface area contributed by atoms with Crippen LogP contribution in [0.4, 0.5) is 0 Å². The fraction of sp³-hybridized carbons (Fsp3) is 0.812. The number of cyclic esters (lactones) is 1. The first-order chi connectivity index (χ1) is 10.0. The van der Waals surface area contributed by atoms with Gasteiger partial charge < -0.3 is 14.6 Å². The van der Waals surface area contributed by atoms with Gasteiger partial charge in [0.05, 0.1) is 11.5 Å². The van der Waals surface area contributed by atoms with Crippen LogP contribution in [0.3, 0.4) is 0 Å². The molecule has 0 radical (unpaired) electrons. The molecule has 3 atom stereocenters. The molecule has 126 valence electrons. The van der Waals surface area contributed by atoms with Gasteiger partial charge in [-0.25, -0.2) is 9.79 Å². The molecule has 1 aliphatic rings. The number of aliphatic hydroxyl groups excluding tert-OH is 1. The van der Waals surface area contributed by atoms with Crippen molar-refractivity contribution in [1.82, 2.24) is 0 Å². The van der Waals surface area contributed by atoms with E-state index >= 15 is 0 Å². The monoisotopic (exact) mass is 313 g/mol. The highest BCUT2D eigenvalue weighted by Crippen LogP contribution is 2.34. The lowest BCUT2D eigenvalue weighted by Crippen LogP contribution is -2.34. The first-order valence-corrected chi connectivity index (χ1v) is 7.69. The molecular weight excluding hydrogens is 286 g/mol. The van der Waals surface area contributed by atoms with Gasteiger partial charge in [0, 0.05) is 5.92 Å². The Kier molecular flexibility index (Phi) is 5.73. The lowest BCUT2D eigenvalue weighted by molar-refractivity contribution is -0.158. The van der Waals surface area contributed by atoms with Crippen LogP contribution in [0.5, 0.6) is 0 Å². The fourth-order valence-electron chi connectivity index (χ4n) is 2.28. The molecule has 1 rings (SSSR count). The molecule has 0 aromatic heterocycles. The second-order valence-corrected chi connectivity index (χ2v) is 6.87. The quantitative estimate of drug-likeness (QED) is 0.727. The van der Waals surface area contributed by atoms with Gasteiger partial charge in [0.25, 0.3) is 0 Å². The topological polar surface area (TPSA) is 85.2 Å². The number of esters is 2. The lowest BCUT2D eigenvalue weighted by atomic mass is 9.79. The summed E-state index contributed by atoms with van der Waals surface area (Å²) in [6.07, 6.45) is 0.355. The average Bonchev–Trinajstić information content (AvgIpc) is 2.70. The van der Waals surface area contributed by atoms with E-state index in [1.54, 1.807) is 20.8 Å². The number of hydrogen-bond donors (Lipinski definition) is 1. The van der Waals surface area contributed by atoms with Crippen LogP contribution in [0, 0.1) is 11.3 Å². The minimum absolute atomic E-state index is 0.0221. The molecule has 1 aliphatic heterocycles. The van der Waals surface area contributed by atoms with E-state index in [4.69, 9.17) is 9.47 Å². The van der Waals surface area contributed by atoms with Crippen LogP contribution in [0.25, 0.3) is 0 Å². The molecule has 6 nitrogen and oxygen atoms in total. The van der Waals surface area contributed by atoms with Gasteiger partial charge in [-0.05, 0) is 40.5 Å². The average molecular weight is 313 g/mol. The third kappa shape index (κ3) is 4.29. The second kappa shape index (κ2) is 6.77. The van der Waals surface area contributed by atoms with Crippen molar-refractivity contribution in [1.29, 1.82) is 0 Å². The number of nitrogens with zero attached hydrogens (tertiary/aromatic N) is 1. The van der Waals surface area contributed by atoms with Crippen molar-refractivity contribution in [3.8, 4) is 0 Å². The van der Waals surface area contributed by atoms with Gasteiger partial charge in [0.1, 0.15) is 6.61 Å². The molecule has 0 aromatic carbocycles. The predicted octanol–water partition coefficient (Wildman–Crippen LogP) is 2.09. The largest absolute Gasteiger partial charge is 0.463 e. The van der Waals surface area contributed by atoms with Crippen molar-refractivity contribution in [3.63, 3.8) is 0 Å². The van der Waals surface area contributed by atoms with Crippen molar-refractivity contribution in [2.24, 2.45) is 16.3 Å². The summed E-state index contributed by atoms with van der Waals surface area (Å²) >= 11 is 0. The van der Waals surface area contributed by atoms with E-state index in [0.717, 1.165) is 0 Å². The van der Waals surface area contributed by atoms with Gasteiger partial charge in [-0.1, -0.05) is 13.8 Å². The molecule has 0 spiro atoms. The number of carbonyl (C=O) groups excluding carboxylic acids is 2. The normalized spacial score (nSPS) is 22.3. The summed E-state index contributed by atoms with van der Waals surface area (Å²) < 4.78 is 10.4. The molecule has 0 amide bonds. The van der Waals surface area contributed by atoms with E-state index in [1.807, 2.05) is 20.8 Å². The Hall–Kier alpha value is -1.43. The number of aliphatic hydroxyl groups is 1. The number of rotatable bonds is 7. The van der Waals surface area contributed by atoms with E-state index in [2.05, 4.69) is 4.99 Å². The summed E-state index contributed by atoms with van der Waals surface area (Å²) in [4.78, 5) is 28.3. The van der Waals surface area contributed by atoms with E-state index in [-0.39, 0.29) is 24.5 Å². The van der Waals surface area contributed by atoms with E-state index < -0.39 is 17.1 Å². The molecule has 0 aromatic rings. The Bertz CT molecular complexity index is 469. The van der Waals surface area contributed by atoms with Crippen LogP contribution in [0.15, 0.2) is 4.99 Å². The van der Waals surface area contributed by atoms with E-state index in [9.17, 15) is 14.7 Å². The van der Waals surface area contributed by atoms with Gasteiger partial charge in [-0.3, -0.25) is 4.79 Å².